The van der Waals surface area contributed by atoms with Crippen LogP contribution < -0.4 is 5.32 Å². The molecule has 1 atom stereocenters. The molecular weight excluding hydrogens is 252 g/mol. The number of hydrogen-bond acceptors (Lipinski definition) is 3. The Morgan fingerprint density at radius 3 is 2.42 bits per heavy atom. The van der Waals surface area contributed by atoms with Crippen LogP contribution in [0.25, 0.3) is 10.6 Å². The molecule has 102 valence electrons. The number of rotatable bonds is 4. The van der Waals surface area contributed by atoms with Crippen molar-refractivity contribution in [1.29, 1.82) is 0 Å². The topological polar surface area (TPSA) is 24.9 Å². The van der Waals surface area contributed by atoms with Crippen LogP contribution in [0.3, 0.4) is 0 Å². The summed E-state index contributed by atoms with van der Waals surface area (Å²) in [4.78, 5) is 5.92. The predicted octanol–water partition coefficient (Wildman–Crippen LogP) is 4.41. The van der Waals surface area contributed by atoms with Gasteiger partial charge < -0.3 is 5.32 Å². The van der Waals surface area contributed by atoms with Gasteiger partial charge in [-0.15, -0.1) is 11.3 Å². The molecule has 0 bridgehead atoms. The minimum absolute atomic E-state index is 0.377. The average Bonchev–Trinajstić information content (AvgIpc) is 2.77. The number of nitrogens with zero attached hydrogens (tertiary/aromatic N) is 1. The maximum absolute atomic E-state index is 4.62. The molecule has 1 aromatic heterocycles. The molecule has 0 spiro atoms. The highest BCUT2D eigenvalue weighted by molar-refractivity contribution is 7.15. The molecule has 0 aliphatic carbocycles. The molecular formula is C16H22N2S. The standard InChI is InChI=1S/C16H22N2S/c1-6-17-13(5)14-9-18-16(19-14)15-11(3)7-10(2)8-12(15)4/h7-9,13,17H,6H2,1-5H3. The van der Waals surface area contributed by atoms with Crippen molar-refractivity contribution < 1.29 is 0 Å². The van der Waals surface area contributed by atoms with Gasteiger partial charge in [-0.3, -0.25) is 0 Å². The highest BCUT2D eigenvalue weighted by atomic mass is 32.1. The highest BCUT2D eigenvalue weighted by Gasteiger charge is 2.13. The van der Waals surface area contributed by atoms with E-state index in [0.717, 1.165) is 11.6 Å². The minimum Gasteiger partial charge on any atom is -0.310 e. The van der Waals surface area contributed by atoms with Crippen molar-refractivity contribution >= 4 is 11.3 Å². The van der Waals surface area contributed by atoms with Crippen LogP contribution >= 0.6 is 11.3 Å². The zero-order valence-corrected chi connectivity index (χ0v) is 13.2. The summed E-state index contributed by atoms with van der Waals surface area (Å²) >= 11 is 1.79. The van der Waals surface area contributed by atoms with E-state index in [0.29, 0.717) is 6.04 Å². The zero-order chi connectivity index (χ0) is 14.0. The van der Waals surface area contributed by atoms with Gasteiger partial charge in [0.15, 0.2) is 0 Å². The number of aryl methyl sites for hydroxylation is 3. The summed E-state index contributed by atoms with van der Waals surface area (Å²) in [6.07, 6.45) is 2.01. The van der Waals surface area contributed by atoms with E-state index >= 15 is 0 Å². The number of benzene rings is 1. The fourth-order valence-corrected chi connectivity index (χ4v) is 3.64. The van der Waals surface area contributed by atoms with Gasteiger partial charge in [0.05, 0.1) is 0 Å². The van der Waals surface area contributed by atoms with E-state index in [2.05, 4.69) is 57.1 Å². The normalized spacial score (nSPS) is 12.7. The molecule has 1 heterocycles. The van der Waals surface area contributed by atoms with Gasteiger partial charge in [0.2, 0.25) is 0 Å². The van der Waals surface area contributed by atoms with Gasteiger partial charge in [-0.1, -0.05) is 24.6 Å². The Hall–Kier alpha value is -1.19. The fraction of sp³-hybridized carbons (Fsp3) is 0.438. The summed E-state index contributed by atoms with van der Waals surface area (Å²) in [6, 6.07) is 4.84. The molecule has 19 heavy (non-hydrogen) atoms. The van der Waals surface area contributed by atoms with Crippen molar-refractivity contribution in [3.05, 3.63) is 39.9 Å². The smallest absolute Gasteiger partial charge is 0.124 e. The highest BCUT2D eigenvalue weighted by Crippen LogP contribution is 2.33. The van der Waals surface area contributed by atoms with Gasteiger partial charge in [-0.05, 0) is 45.4 Å². The largest absolute Gasteiger partial charge is 0.310 e. The van der Waals surface area contributed by atoms with Crippen LogP contribution in [-0.4, -0.2) is 11.5 Å². The monoisotopic (exact) mass is 274 g/mol. The van der Waals surface area contributed by atoms with Crippen LogP contribution in [0.15, 0.2) is 18.3 Å². The molecule has 1 aromatic carbocycles. The number of aromatic nitrogens is 1. The zero-order valence-electron chi connectivity index (χ0n) is 12.4. The third-order valence-electron chi connectivity index (χ3n) is 3.35. The maximum atomic E-state index is 4.62. The first-order chi connectivity index (χ1) is 9.02. The first kappa shape index (κ1) is 14.2. The lowest BCUT2D eigenvalue weighted by Crippen LogP contribution is -2.16. The van der Waals surface area contributed by atoms with Gasteiger partial charge in [0.25, 0.3) is 0 Å². The quantitative estimate of drug-likeness (QED) is 0.893. The molecule has 0 aliphatic heterocycles. The Kier molecular flexibility index (Phi) is 4.38. The van der Waals surface area contributed by atoms with Crippen molar-refractivity contribution in [2.75, 3.05) is 6.54 Å². The maximum Gasteiger partial charge on any atom is 0.124 e. The first-order valence-electron chi connectivity index (χ1n) is 6.80. The summed E-state index contributed by atoms with van der Waals surface area (Å²) < 4.78 is 0. The number of hydrogen-bond donors (Lipinski definition) is 1. The van der Waals surface area contributed by atoms with E-state index in [4.69, 9.17) is 0 Å². The Labute approximate surface area is 119 Å². The van der Waals surface area contributed by atoms with Crippen molar-refractivity contribution in [2.24, 2.45) is 0 Å². The molecule has 1 N–H and O–H groups in total. The van der Waals surface area contributed by atoms with Gasteiger partial charge >= 0.3 is 0 Å². The SMILES string of the molecule is CCNC(C)c1cnc(-c2c(C)cc(C)cc2C)s1. The lowest BCUT2D eigenvalue weighted by molar-refractivity contribution is 0.606. The van der Waals surface area contributed by atoms with Gasteiger partial charge in [-0.2, -0.15) is 0 Å². The summed E-state index contributed by atoms with van der Waals surface area (Å²) in [5.41, 5.74) is 5.24. The molecule has 0 saturated heterocycles. The van der Waals surface area contributed by atoms with Crippen LogP contribution in [0.1, 0.15) is 41.5 Å². The van der Waals surface area contributed by atoms with Gasteiger partial charge in [-0.25, -0.2) is 4.98 Å². The molecule has 0 fully saturated rings. The molecule has 3 heteroatoms. The molecule has 0 saturated carbocycles. The Bertz CT molecular complexity index is 549. The van der Waals surface area contributed by atoms with E-state index in [9.17, 15) is 0 Å². The van der Waals surface area contributed by atoms with Crippen molar-refractivity contribution in [2.45, 2.75) is 40.7 Å². The number of thiazole rings is 1. The van der Waals surface area contributed by atoms with E-state index in [1.807, 2.05) is 6.20 Å². The molecule has 2 nitrogen and oxygen atoms in total. The second-order valence-corrected chi connectivity index (χ2v) is 6.18. The average molecular weight is 274 g/mol. The second-order valence-electron chi connectivity index (χ2n) is 5.12. The van der Waals surface area contributed by atoms with Crippen molar-refractivity contribution in [3.63, 3.8) is 0 Å². The molecule has 0 amide bonds. The van der Waals surface area contributed by atoms with E-state index in [1.54, 1.807) is 11.3 Å². The summed E-state index contributed by atoms with van der Waals surface area (Å²) in [7, 11) is 0. The van der Waals surface area contributed by atoms with Crippen molar-refractivity contribution in [3.8, 4) is 10.6 Å². The lowest BCUT2D eigenvalue weighted by atomic mass is 10.0. The summed E-state index contributed by atoms with van der Waals surface area (Å²) in [6.45, 7) is 11.8. The van der Waals surface area contributed by atoms with Crippen LogP contribution in [-0.2, 0) is 0 Å². The minimum atomic E-state index is 0.377. The third-order valence-corrected chi connectivity index (χ3v) is 4.55. The molecule has 0 aliphatic rings. The van der Waals surface area contributed by atoms with Crippen LogP contribution in [0.4, 0.5) is 0 Å². The summed E-state index contributed by atoms with van der Waals surface area (Å²) in [5.74, 6) is 0. The number of nitrogens with one attached hydrogen (secondary N) is 1. The molecule has 2 aromatic rings. The van der Waals surface area contributed by atoms with Crippen LogP contribution in [0, 0.1) is 20.8 Å². The Morgan fingerprint density at radius 2 is 1.84 bits per heavy atom. The molecule has 2 rings (SSSR count). The lowest BCUT2D eigenvalue weighted by Gasteiger charge is -2.10. The third kappa shape index (κ3) is 3.04. The van der Waals surface area contributed by atoms with E-state index in [-0.39, 0.29) is 0 Å². The van der Waals surface area contributed by atoms with E-state index in [1.165, 1.54) is 27.1 Å². The second kappa shape index (κ2) is 5.85. The molecule has 1 unspecified atom stereocenters. The van der Waals surface area contributed by atoms with Gasteiger partial charge in [0.1, 0.15) is 5.01 Å². The van der Waals surface area contributed by atoms with Gasteiger partial charge in [0, 0.05) is 22.7 Å². The Morgan fingerprint density at radius 1 is 1.21 bits per heavy atom. The fourth-order valence-electron chi connectivity index (χ4n) is 2.53. The Balaban J connectivity index is 2.38. The summed E-state index contributed by atoms with van der Waals surface area (Å²) in [5, 5.41) is 4.57. The molecule has 0 radical (unpaired) electrons. The first-order valence-corrected chi connectivity index (χ1v) is 7.62. The predicted molar refractivity (Wildman–Crippen MR) is 83.9 cm³/mol. The van der Waals surface area contributed by atoms with Crippen LogP contribution in [0.5, 0.6) is 0 Å². The van der Waals surface area contributed by atoms with E-state index < -0.39 is 0 Å². The van der Waals surface area contributed by atoms with Crippen molar-refractivity contribution in [1.82, 2.24) is 10.3 Å². The van der Waals surface area contributed by atoms with Crippen LogP contribution in [0.2, 0.25) is 0 Å².